The van der Waals surface area contributed by atoms with Crippen molar-refractivity contribution in [2.24, 2.45) is 11.5 Å². The second-order valence-corrected chi connectivity index (χ2v) is 2.93. The van der Waals surface area contributed by atoms with Gasteiger partial charge in [0.1, 0.15) is 17.4 Å². The molecule has 1 aromatic heterocycles. The number of carbonyl (C=O) groups excluding carboxylic acids is 1. The lowest BCUT2D eigenvalue weighted by atomic mass is 10.3. The van der Waals surface area contributed by atoms with Crippen molar-refractivity contribution >= 4 is 23.1 Å². The lowest BCUT2D eigenvalue weighted by molar-refractivity contribution is -0.120. The Balaban J connectivity index is 2.91. The molecule has 6 nitrogen and oxygen atoms in total. The maximum Gasteiger partial charge on any atom is 0.242 e. The van der Waals surface area contributed by atoms with E-state index < -0.39 is 11.9 Å². The summed E-state index contributed by atoms with van der Waals surface area (Å²) in [6, 6.07) is -0.546. The number of thiocarbonyl (C=S) groups is 1. The molecule has 0 aliphatic rings. The van der Waals surface area contributed by atoms with E-state index in [2.05, 4.69) is 22.3 Å². The van der Waals surface area contributed by atoms with Crippen LogP contribution in [0.5, 0.6) is 0 Å². The monoisotopic (exact) mass is 199 g/mol. The third-order valence-corrected chi connectivity index (χ3v) is 1.72. The number of carbonyl (C=O) groups is 1. The van der Waals surface area contributed by atoms with Crippen LogP contribution in [0.15, 0.2) is 6.33 Å². The molecule has 7 heteroatoms. The van der Waals surface area contributed by atoms with Gasteiger partial charge in [0.25, 0.3) is 0 Å². The number of hydrogen-bond acceptors (Lipinski definition) is 4. The van der Waals surface area contributed by atoms with Gasteiger partial charge in [0.05, 0.1) is 0 Å². The van der Waals surface area contributed by atoms with Gasteiger partial charge in [-0.3, -0.25) is 4.79 Å². The van der Waals surface area contributed by atoms with Gasteiger partial charge in [0.15, 0.2) is 0 Å². The topological polar surface area (TPSA) is 99.8 Å². The van der Waals surface area contributed by atoms with Gasteiger partial charge >= 0.3 is 0 Å². The molecule has 1 unspecified atom stereocenters. The number of nitrogens with zero attached hydrogens (tertiary/aromatic N) is 3. The van der Waals surface area contributed by atoms with E-state index in [4.69, 9.17) is 11.5 Å². The maximum atomic E-state index is 10.7. The highest BCUT2D eigenvalue weighted by molar-refractivity contribution is 7.80. The van der Waals surface area contributed by atoms with Crippen LogP contribution in [0.3, 0.4) is 0 Å². The molecule has 1 atom stereocenters. The molecule has 0 bridgehead atoms. The van der Waals surface area contributed by atoms with Gasteiger partial charge in [0.2, 0.25) is 11.7 Å². The molecule has 70 valence electrons. The van der Waals surface area contributed by atoms with Gasteiger partial charge in [-0.05, 0) is 6.92 Å². The summed E-state index contributed by atoms with van der Waals surface area (Å²) < 4.78 is 1.32. The van der Waals surface area contributed by atoms with E-state index in [1.165, 1.54) is 11.0 Å². The van der Waals surface area contributed by atoms with Crippen LogP contribution < -0.4 is 11.5 Å². The molecule has 1 rings (SSSR count). The summed E-state index contributed by atoms with van der Waals surface area (Å²) in [5, 5.41) is 3.87. The normalized spacial score (nSPS) is 12.4. The summed E-state index contributed by atoms with van der Waals surface area (Å²) >= 11 is 4.65. The van der Waals surface area contributed by atoms with Crippen molar-refractivity contribution in [3.63, 3.8) is 0 Å². The molecule has 0 radical (unpaired) electrons. The van der Waals surface area contributed by atoms with E-state index in [9.17, 15) is 4.79 Å². The van der Waals surface area contributed by atoms with Crippen molar-refractivity contribution in [1.82, 2.24) is 14.8 Å². The molecule has 1 amide bonds. The van der Waals surface area contributed by atoms with Crippen molar-refractivity contribution in [1.29, 1.82) is 0 Å². The fourth-order valence-electron chi connectivity index (χ4n) is 0.705. The van der Waals surface area contributed by atoms with E-state index in [1.807, 2.05) is 0 Å². The molecule has 0 fully saturated rings. The lowest BCUT2D eigenvalue weighted by Gasteiger charge is -2.04. The van der Waals surface area contributed by atoms with Crippen LogP contribution in [0.1, 0.15) is 18.8 Å². The van der Waals surface area contributed by atoms with Gasteiger partial charge in [0, 0.05) is 0 Å². The first-order valence-electron chi connectivity index (χ1n) is 3.52. The SMILES string of the molecule is CC(C(N)=O)n1cnc(C(N)=S)n1. The fourth-order valence-corrected chi connectivity index (χ4v) is 0.798. The molecule has 0 saturated carbocycles. The molecular weight excluding hydrogens is 190 g/mol. The highest BCUT2D eigenvalue weighted by atomic mass is 32.1. The van der Waals surface area contributed by atoms with Crippen molar-refractivity contribution in [3.05, 3.63) is 12.2 Å². The Morgan fingerprint density at radius 2 is 2.31 bits per heavy atom. The van der Waals surface area contributed by atoms with Crippen LogP contribution in [-0.2, 0) is 4.79 Å². The van der Waals surface area contributed by atoms with Gasteiger partial charge in [-0.2, -0.15) is 0 Å². The lowest BCUT2D eigenvalue weighted by Crippen LogP contribution is -2.24. The largest absolute Gasteiger partial charge is 0.387 e. The highest BCUT2D eigenvalue weighted by Crippen LogP contribution is 2.01. The number of nitrogens with two attached hydrogens (primary N) is 2. The second-order valence-electron chi connectivity index (χ2n) is 2.49. The van der Waals surface area contributed by atoms with Crippen LogP contribution in [0, 0.1) is 0 Å². The summed E-state index contributed by atoms with van der Waals surface area (Å²) in [4.78, 5) is 14.6. The molecule has 13 heavy (non-hydrogen) atoms. The molecule has 0 saturated heterocycles. The van der Waals surface area contributed by atoms with Gasteiger partial charge in [-0.15, -0.1) is 5.10 Å². The molecule has 1 heterocycles. The van der Waals surface area contributed by atoms with E-state index >= 15 is 0 Å². The Morgan fingerprint density at radius 3 is 2.69 bits per heavy atom. The average molecular weight is 199 g/mol. The summed E-state index contributed by atoms with van der Waals surface area (Å²) in [7, 11) is 0. The predicted molar refractivity (Wildman–Crippen MR) is 49.8 cm³/mol. The number of aromatic nitrogens is 3. The summed E-state index contributed by atoms with van der Waals surface area (Å²) in [6.45, 7) is 1.61. The first-order chi connectivity index (χ1) is 6.02. The van der Waals surface area contributed by atoms with E-state index in [1.54, 1.807) is 6.92 Å². The number of amides is 1. The summed E-state index contributed by atoms with van der Waals surface area (Å²) in [5.74, 6) is -0.248. The number of hydrogen-bond donors (Lipinski definition) is 2. The molecule has 0 aromatic carbocycles. The van der Waals surface area contributed by atoms with Crippen LogP contribution in [0.4, 0.5) is 0 Å². The van der Waals surface area contributed by atoms with Crippen molar-refractivity contribution in [2.45, 2.75) is 13.0 Å². The Bertz CT molecular complexity index is 347. The fraction of sp³-hybridized carbons (Fsp3) is 0.333. The molecule has 4 N–H and O–H groups in total. The molecule has 0 aliphatic heterocycles. The molecule has 0 spiro atoms. The van der Waals surface area contributed by atoms with E-state index in [0.29, 0.717) is 0 Å². The minimum Gasteiger partial charge on any atom is -0.387 e. The van der Waals surface area contributed by atoms with E-state index in [0.717, 1.165) is 0 Å². The minimum absolute atomic E-state index is 0.0930. The van der Waals surface area contributed by atoms with Crippen molar-refractivity contribution in [3.8, 4) is 0 Å². The average Bonchev–Trinajstić information content (AvgIpc) is 2.50. The zero-order valence-corrected chi connectivity index (χ0v) is 7.78. The van der Waals surface area contributed by atoms with Crippen LogP contribution in [-0.4, -0.2) is 25.7 Å². The van der Waals surface area contributed by atoms with Crippen molar-refractivity contribution < 1.29 is 4.79 Å². The molecule has 0 aliphatic carbocycles. The summed E-state index contributed by atoms with van der Waals surface area (Å²) in [5.41, 5.74) is 10.3. The van der Waals surface area contributed by atoms with Gasteiger partial charge < -0.3 is 11.5 Å². The zero-order valence-electron chi connectivity index (χ0n) is 6.97. The minimum atomic E-state index is -0.546. The first kappa shape index (κ1) is 9.59. The highest BCUT2D eigenvalue weighted by Gasteiger charge is 2.13. The zero-order chi connectivity index (χ0) is 10.0. The van der Waals surface area contributed by atoms with Gasteiger partial charge in [-0.1, -0.05) is 12.2 Å². The first-order valence-corrected chi connectivity index (χ1v) is 3.93. The Kier molecular flexibility index (Phi) is 2.57. The predicted octanol–water partition coefficient (Wildman–Crippen LogP) is -1.04. The molecular formula is C6H9N5OS. The number of primary amides is 1. The van der Waals surface area contributed by atoms with Crippen LogP contribution in [0.2, 0.25) is 0 Å². The smallest absolute Gasteiger partial charge is 0.242 e. The molecule has 1 aromatic rings. The number of rotatable bonds is 3. The van der Waals surface area contributed by atoms with Gasteiger partial charge in [-0.25, -0.2) is 9.67 Å². The standard InChI is InChI=1S/C6H9N5OS/c1-3(4(7)12)11-2-9-6(10-11)5(8)13/h2-3H,1H3,(H2,7,12)(H2,8,13). The summed E-state index contributed by atoms with van der Waals surface area (Å²) in [6.07, 6.45) is 1.36. The van der Waals surface area contributed by atoms with E-state index in [-0.39, 0.29) is 10.8 Å². The maximum absolute atomic E-state index is 10.7. The van der Waals surface area contributed by atoms with Crippen molar-refractivity contribution in [2.75, 3.05) is 0 Å². The third kappa shape index (κ3) is 2.00. The Labute approximate surface area is 79.9 Å². The third-order valence-electron chi connectivity index (χ3n) is 1.54. The van der Waals surface area contributed by atoms with Crippen LogP contribution in [0.25, 0.3) is 0 Å². The quantitative estimate of drug-likeness (QED) is 0.605. The second kappa shape index (κ2) is 3.48. The Hall–Kier alpha value is -1.50. The van der Waals surface area contributed by atoms with Crippen LogP contribution >= 0.6 is 12.2 Å². The Morgan fingerprint density at radius 1 is 1.69 bits per heavy atom.